The summed E-state index contributed by atoms with van der Waals surface area (Å²) in [6, 6.07) is -0.781. The molecule has 0 aliphatic heterocycles. The fourth-order valence-corrected chi connectivity index (χ4v) is 8.09. The van der Waals surface area contributed by atoms with Crippen LogP contribution in [0.5, 0.6) is 0 Å². The number of nitrogens with zero attached hydrogens (tertiary/aromatic N) is 1. The van der Waals surface area contributed by atoms with E-state index in [4.69, 9.17) is 9.05 Å². The van der Waals surface area contributed by atoms with E-state index in [0.717, 1.165) is 103 Å². The van der Waals surface area contributed by atoms with Gasteiger partial charge in [0.25, 0.3) is 0 Å². The van der Waals surface area contributed by atoms with E-state index in [9.17, 15) is 19.4 Å². The number of hydrogen-bond acceptors (Lipinski definition) is 5. The summed E-state index contributed by atoms with van der Waals surface area (Å²) in [6.45, 7) is 4.75. The molecule has 9 heteroatoms. The van der Waals surface area contributed by atoms with Gasteiger partial charge >= 0.3 is 7.82 Å². The molecule has 0 aliphatic carbocycles. The lowest BCUT2D eigenvalue weighted by atomic mass is 10.0. The molecular weight excluding hydrogens is 852 g/mol. The lowest BCUT2D eigenvalue weighted by Gasteiger charge is -2.26. The molecule has 0 aromatic carbocycles. The van der Waals surface area contributed by atoms with Crippen LogP contribution in [0.1, 0.15) is 213 Å². The number of unbranched alkanes of at least 4 members (excludes halogenated alkanes) is 19. The Morgan fingerprint density at radius 1 is 0.522 bits per heavy atom. The number of nitrogens with one attached hydrogen (secondary N) is 1. The van der Waals surface area contributed by atoms with Gasteiger partial charge in [0.15, 0.2) is 0 Å². The van der Waals surface area contributed by atoms with Crippen LogP contribution in [0, 0.1) is 0 Å². The third-order valence-electron chi connectivity index (χ3n) is 11.6. The molecule has 0 fully saturated rings. The summed E-state index contributed by atoms with van der Waals surface area (Å²) in [6.07, 6.45) is 68.8. The Kier molecular flexibility index (Phi) is 46.6. The van der Waals surface area contributed by atoms with Crippen LogP contribution in [-0.2, 0) is 18.4 Å². The monoisotopic (exact) mass is 956 g/mol. The summed E-state index contributed by atoms with van der Waals surface area (Å²) in [7, 11) is 1.58. The molecule has 8 nitrogen and oxygen atoms in total. The number of aliphatic hydroxyl groups excluding tert-OH is 1. The average molecular weight is 956 g/mol. The zero-order valence-corrected chi connectivity index (χ0v) is 44.8. The van der Waals surface area contributed by atoms with Gasteiger partial charge in [0, 0.05) is 6.42 Å². The molecule has 386 valence electrons. The molecule has 0 bridgehead atoms. The van der Waals surface area contributed by atoms with Crippen molar-refractivity contribution in [3.63, 3.8) is 0 Å². The minimum atomic E-state index is -4.33. The number of allylic oxidation sites excluding steroid dienone is 16. The molecule has 3 N–H and O–H groups in total. The van der Waals surface area contributed by atoms with Gasteiger partial charge in [0.2, 0.25) is 5.91 Å². The highest BCUT2D eigenvalue weighted by Gasteiger charge is 2.28. The maximum absolute atomic E-state index is 13.0. The van der Waals surface area contributed by atoms with Crippen LogP contribution in [0.2, 0.25) is 0 Å². The predicted molar refractivity (Wildman–Crippen MR) is 290 cm³/mol. The Morgan fingerprint density at radius 2 is 0.896 bits per heavy atom. The molecule has 0 aliphatic rings. The minimum Gasteiger partial charge on any atom is -0.391 e. The van der Waals surface area contributed by atoms with Crippen LogP contribution < -0.4 is 5.32 Å². The fraction of sp³-hybridized carbons (Fsp3) is 0.707. The minimum absolute atomic E-state index is 0.0641. The number of phosphoric acid groups is 1. The maximum atomic E-state index is 13.0. The van der Waals surface area contributed by atoms with Crippen molar-refractivity contribution in [1.29, 1.82) is 0 Å². The van der Waals surface area contributed by atoms with Gasteiger partial charge < -0.3 is 19.8 Å². The van der Waals surface area contributed by atoms with Gasteiger partial charge in [0.1, 0.15) is 13.2 Å². The number of quaternary nitrogens is 1. The Bertz CT molecular complexity index is 1410. The second kappa shape index (κ2) is 48.4. The number of phosphoric ester groups is 1. The highest BCUT2D eigenvalue weighted by molar-refractivity contribution is 7.47. The summed E-state index contributed by atoms with van der Waals surface area (Å²) < 4.78 is 23.7. The van der Waals surface area contributed by atoms with Crippen molar-refractivity contribution in [2.75, 3.05) is 40.9 Å². The van der Waals surface area contributed by atoms with Gasteiger partial charge in [-0.15, -0.1) is 0 Å². The summed E-state index contributed by atoms with van der Waals surface area (Å²) in [4.78, 5) is 23.3. The van der Waals surface area contributed by atoms with E-state index < -0.39 is 20.0 Å². The predicted octanol–water partition coefficient (Wildman–Crippen LogP) is 16.3. The number of rotatable bonds is 48. The summed E-state index contributed by atoms with van der Waals surface area (Å²) in [5.41, 5.74) is 0. The standard InChI is InChI=1S/C58H103N2O6P/c1-6-8-10-12-14-16-18-20-22-24-25-26-27-28-29-30-31-32-33-34-35-36-38-40-42-44-46-48-50-52-58(62)59-56(55-66-67(63,64)65-54-53-60(3,4)5)57(61)51-49-47-45-43-41-39-37-23-21-19-17-15-13-11-9-7-2/h8,10,14,16,20,22,25-26,28-29,31-32,34-35,38,40,56-57,61H,6-7,9,11-13,15,17-19,21,23-24,27,30,33,36-37,39,41-55H2,1-5H3,(H-,59,62,63,64)/p+1/b10-8-,16-14-,22-20-,26-25-,29-28-,32-31-,35-34-,40-38-. The molecule has 0 rings (SSSR count). The van der Waals surface area contributed by atoms with E-state index in [0.29, 0.717) is 23.9 Å². The van der Waals surface area contributed by atoms with Crippen molar-refractivity contribution in [2.45, 2.75) is 225 Å². The van der Waals surface area contributed by atoms with Crippen LogP contribution in [0.3, 0.4) is 0 Å². The van der Waals surface area contributed by atoms with E-state index in [1.165, 1.54) is 83.5 Å². The van der Waals surface area contributed by atoms with Crippen molar-refractivity contribution in [2.24, 2.45) is 0 Å². The largest absolute Gasteiger partial charge is 0.472 e. The normalized spacial score (nSPS) is 14.8. The smallest absolute Gasteiger partial charge is 0.391 e. The molecule has 1 amide bonds. The molecule has 0 aromatic rings. The fourth-order valence-electron chi connectivity index (χ4n) is 7.36. The van der Waals surface area contributed by atoms with E-state index >= 15 is 0 Å². The third kappa shape index (κ3) is 51.1. The Hall–Kier alpha value is -2.58. The molecule has 3 unspecified atom stereocenters. The van der Waals surface area contributed by atoms with E-state index in [1.54, 1.807) is 0 Å². The average Bonchev–Trinajstić information content (AvgIpc) is 3.29. The van der Waals surface area contributed by atoms with Crippen LogP contribution in [0.15, 0.2) is 97.2 Å². The molecule has 0 radical (unpaired) electrons. The molecule has 3 atom stereocenters. The van der Waals surface area contributed by atoms with Crippen molar-refractivity contribution in [3.8, 4) is 0 Å². The molecule has 0 spiro atoms. The first-order valence-electron chi connectivity index (χ1n) is 27.1. The van der Waals surface area contributed by atoms with Crippen molar-refractivity contribution in [1.82, 2.24) is 5.32 Å². The van der Waals surface area contributed by atoms with Gasteiger partial charge in [-0.1, -0.05) is 227 Å². The Balaban J connectivity index is 4.30. The second-order valence-electron chi connectivity index (χ2n) is 19.2. The highest BCUT2D eigenvalue weighted by Crippen LogP contribution is 2.43. The van der Waals surface area contributed by atoms with Crippen LogP contribution in [0.25, 0.3) is 0 Å². The number of aliphatic hydroxyl groups is 1. The first kappa shape index (κ1) is 64.4. The van der Waals surface area contributed by atoms with Gasteiger partial charge in [-0.2, -0.15) is 0 Å². The van der Waals surface area contributed by atoms with E-state index in [-0.39, 0.29) is 19.1 Å². The van der Waals surface area contributed by atoms with E-state index in [2.05, 4.69) is 116 Å². The third-order valence-corrected chi connectivity index (χ3v) is 12.6. The maximum Gasteiger partial charge on any atom is 0.472 e. The lowest BCUT2D eigenvalue weighted by molar-refractivity contribution is -0.870. The van der Waals surface area contributed by atoms with Gasteiger partial charge in [-0.3, -0.25) is 13.8 Å². The van der Waals surface area contributed by atoms with Gasteiger partial charge in [0.05, 0.1) is 39.9 Å². The molecule has 0 heterocycles. The number of carbonyl (C=O) groups excluding carboxylic acids is 1. The molecular formula is C58H104N2O6P+. The van der Waals surface area contributed by atoms with Crippen molar-refractivity contribution in [3.05, 3.63) is 97.2 Å². The van der Waals surface area contributed by atoms with Gasteiger partial charge in [-0.05, 0) is 77.0 Å². The quantitative estimate of drug-likeness (QED) is 0.0243. The number of amides is 1. The van der Waals surface area contributed by atoms with Crippen LogP contribution >= 0.6 is 7.82 Å². The topological polar surface area (TPSA) is 105 Å². The second-order valence-corrected chi connectivity index (χ2v) is 20.7. The zero-order valence-electron chi connectivity index (χ0n) is 43.9. The molecule has 67 heavy (non-hydrogen) atoms. The van der Waals surface area contributed by atoms with Crippen molar-refractivity contribution < 1.29 is 32.9 Å². The summed E-state index contributed by atoms with van der Waals surface area (Å²) >= 11 is 0. The summed E-state index contributed by atoms with van der Waals surface area (Å²) in [5.74, 6) is -0.172. The SMILES string of the molecule is CC/C=C\C/C=C\C/C=C\C/C=C\C/C=C\C/C=C\C/C=C\C/C=C\CCCCCCC(=O)NC(COP(=O)(O)OCC[N+](C)(C)C)C(O)CCCCCCCCCCCCCCCCCC. The number of likely N-dealkylation sites (N-methyl/N-ethyl adjacent to an activating group) is 1. The molecule has 0 aromatic heterocycles. The first-order valence-corrected chi connectivity index (χ1v) is 28.6. The molecule has 0 saturated heterocycles. The Labute approximate surface area is 413 Å². The number of carbonyl (C=O) groups is 1. The van der Waals surface area contributed by atoms with Crippen molar-refractivity contribution >= 4 is 13.7 Å². The van der Waals surface area contributed by atoms with Crippen LogP contribution in [0.4, 0.5) is 0 Å². The van der Waals surface area contributed by atoms with Gasteiger partial charge in [-0.25, -0.2) is 4.57 Å². The lowest BCUT2D eigenvalue weighted by Crippen LogP contribution is -2.46. The summed E-state index contributed by atoms with van der Waals surface area (Å²) in [5, 5.41) is 14.0. The Morgan fingerprint density at radius 3 is 1.31 bits per heavy atom. The first-order chi connectivity index (χ1) is 32.5. The highest BCUT2D eigenvalue weighted by atomic mass is 31.2. The molecule has 0 saturated carbocycles. The zero-order chi connectivity index (χ0) is 49.2. The van der Waals surface area contributed by atoms with Crippen LogP contribution in [-0.4, -0.2) is 73.4 Å². The van der Waals surface area contributed by atoms with E-state index in [1.807, 2.05) is 21.1 Å². The number of hydrogen-bond donors (Lipinski definition) is 3.